The van der Waals surface area contributed by atoms with Gasteiger partial charge in [0.15, 0.2) is 0 Å². The fraction of sp³-hybridized carbons (Fsp3) is 0.190. The van der Waals surface area contributed by atoms with Gasteiger partial charge in [-0.05, 0) is 40.3 Å². The molecule has 2 aromatic carbocycles. The Morgan fingerprint density at radius 3 is 2.08 bits per heavy atom. The van der Waals surface area contributed by atoms with Crippen LogP contribution in [0.2, 0.25) is 0 Å². The molecule has 0 spiro atoms. The lowest BCUT2D eigenvalue weighted by Gasteiger charge is -2.18. The standard InChI is InChI=1S/C21H20N2O3/c1-21(2,3)17-8-4-14(5-9-17)12-16(13-22)19(24)23-18-10-6-15(7-11-18)20(25)26/h4-12H,1-3H3,(H,23,24)(H,25,26)/p-1/b16-12+. The van der Waals surface area contributed by atoms with Crippen molar-refractivity contribution < 1.29 is 14.7 Å². The zero-order chi connectivity index (χ0) is 19.3. The minimum atomic E-state index is -1.29. The molecule has 5 heteroatoms. The van der Waals surface area contributed by atoms with Crippen LogP contribution >= 0.6 is 0 Å². The number of carbonyl (C=O) groups is 2. The number of carbonyl (C=O) groups excluding carboxylic acids is 2. The van der Waals surface area contributed by atoms with Gasteiger partial charge in [0.05, 0.1) is 5.97 Å². The number of nitrogens with zero attached hydrogens (tertiary/aromatic N) is 1. The number of rotatable bonds is 4. The molecular weight excluding hydrogens is 328 g/mol. The number of hydrogen-bond acceptors (Lipinski definition) is 4. The van der Waals surface area contributed by atoms with Gasteiger partial charge in [-0.15, -0.1) is 0 Å². The second kappa shape index (κ2) is 7.66. The normalized spacial score (nSPS) is 11.5. The lowest BCUT2D eigenvalue weighted by Crippen LogP contribution is -2.22. The summed E-state index contributed by atoms with van der Waals surface area (Å²) in [5.74, 6) is -1.85. The molecule has 0 atom stereocenters. The lowest BCUT2D eigenvalue weighted by molar-refractivity contribution is -0.255. The van der Waals surface area contributed by atoms with E-state index in [1.165, 1.54) is 30.3 Å². The maximum Gasteiger partial charge on any atom is 0.266 e. The maximum atomic E-state index is 12.3. The van der Waals surface area contributed by atoms with Crippen molar-refractivity contribution in [2.75, 3.05) is 5.32 Å². The van der Waals surface area contributed by atoms with Crippen LogP contribution < -0.4 is 10.4 Å². The molecule has 26 heavy (non-hydrogen) atoms. The Labute approximate surface area is 152 Å². The zero-order valence-electron chi connectivity index (χ0n) is 14.9. The Morgan fingerprint density at radius 2 is 1.62 bits per heavy atom. The highest BCUT2D eigenvalue weighted by atomic mass is 16.4. The first-order valence-electron chi connectivity index (χ1n) is 8.06. The molecule has 2 rings (SSSR count). The van der Waals surface area contributed by atoms with Gasteiger partial charge in [0, 0.05) is 5.69 Å². The van der Waals surface area contributed by atoms with Crippen molar-refractivity contribution in [3.05, 3.63) is 70.8 Å². The minimum Gasteiger partial charge on any atom is -0.545 e. The Bertz CT molecular complexity index is 881. The van der Waals surface area contributed by atoms with Crippen molar-refractivity contribution in [3.8, 4) is 6.07 Å². The Morgan fingerprint density at radius 1 is 1.04 bits per heavy atom. The van der Waals surface area contributed by atoms with Crippen LogP contribution in [0.5, 0.6) is 0 Å². The van der Waals surface area contributed by atoms with E-state index >= 15 is 0 Å². The van der Waals surface area contributed by atoms with Crippen LogP contribution in [0.3, 0.4) is 0 Å². The molecule has 0 aliphatic rings. The van der Waals surface area contributed by atoms with Crippen LogP contribution in [-0.2, 0) is 10.2 Å². The molecule has 0 aliphatic carbocycles. The van der Waals surface area contributed by atoms with Crippen molar-refractivity contribution in [1.82, 2.24) is 0 Å². The van der Waals surface area contributed by atoms with Gasteiger partial charge in [0.1, 0.15) is 11.6 Å². The third-order valence-electron chi connectivity index (χ3n) is 3.83. The fourth-order valence-corrected chi connectivity index (χ4v) is 2.28. The van der Waals surface area contributed by atoms with E-state index in [0.717, 1.165) is 11.1 Å². The van der Waals surface area contributed by atoms with Crippen LogP contribution in [0.25, 0.3) is 6.08 Å². The highest BCUT2D eigenvalue weighted by Crippen LogP contribution is 2.23. The molecule has 1 N–H and O–H groups in total. The van der Waals surface area contributed by atoms with Gasteiger partial charge >= 0.3 is 0 Å². The van der Waals surface area contributed by atoms with E-state index in [1.54, 1.807) is 0 Å². The van der Waals surface area contributed by atoms with Crippen LogP contribution in [0.15, 0.2) is 54.1 Å². The SMILES string of the molecule is CC(C)(C)c1ccc(/C=C(\C#N)C(=O)Nc2ccc(C(=O)[O-])cc2)cc1. The molecule has 0 fully saturated rings. The number of carboxylic acids is 1. The van der Waals surface area contributed by atoms with E-state index in [9.17, 15) is 20.0 Å². The topological polar surface area (TPSA) is 93.0 Å². The summed E-state index contributed by atoms with van der Waals surface area (Å²) in [7, 11) is 0. The van der Waals surface area contributed by atoms with Crippen LogP contribution in [-0.4, -0.2) is 11.9 Å². The van der Waals surface area contributed by atoms with Gasteiger partial charge in [-0.3, -0.25) is 4.79 Å². The third-order valence-corrected chi connectivity index (χ3v) is 3.83. The average molecular weight is 347 g/mol. The summed E-state index contributed by atoms with van der Waals surface area (Å²) in [6.07, 6.45) is 1.51. The summed E-state index contributed by atoms with van der Waals surface area (Å²) in [6.45, 7) is 6.33. The molecule has 132 valence electrons. The van der Waals surface area contributed by atoms with Gasteiger partial charge < -0.3 is 15.2 Å². The predicted molar refractivity (Wildman–Crippen MR) is 98.1 cm³/mol. The summed E-state index contributed by atoms with van der Waals surface area (Å²) in [4.78, 5) is 23.0. The Kier molecular flexibility index (Phi) is 5.58. The molecule has 0 saturated heterocycles. The van der Waals surface area contributed by atoms with Crippen LogP contribution in [0.1, 0.15) is 42.3 Å². The number of amides is 1. The predicted octanol–water partition coefficient (Wildman–Crippen LogP) is 2.89. The van der Waals surface area contributed by atoms with Crippen molar-refractivity contribution in [2.24, 2.45) is 0 Å². The summed E-state index contributed by atoms with van der Waals surface area (Å²) in [6, 6.07) is 15.1. The second-order valence-electron chi connectivity index (χ2n) is 6.86. The van der Waals surface area contributed by atoms with E-state index in [2.05, 4.69) is 26.1 Å². The molecule has 0 bridgehead atoms. The quantitative estimate of drug-likeness (QED) is 0.680. The molecule has 5 nitrogen and oxygen atoms in total. The van der Waals surface area contributed by atoms with Crippen molar-refractivity contribution in [3.63, 3.8) is 0 Å². The minimum absolute atomic E-state index is 0.0120. The molecule has 2 aromatic rings. The average Bonchev–Trinajstić information content (AvgIpc) is 2.59. The first-order valence-corrected chi connectivity index (χ1v) is 8.06. The number of nitrogens with one attached hydrogen (secondary N) is 1. The fourth-order valence-electron chi connectivity index (χ4n) is 2.28. The van der Waals surface area contributed by atoms with Gasteiger partial charge in [0.2, 0.25) is 0 Å². The number of hydrogen-bond donors (Lipinski definition) is 1. The highest BCUT2D eigenvalue weighted by molar-refractivity contribution is 6.09. The second-order valence-corrected chi connectivity index (χ2v) is 6.86. The molecule has 0 saturated carbocycles. The first kappa shape index (κ1) is 18.9. The summed E-state index contributed by atoms with van der Waals surface area (Å²) in [5, 5.41) is 22.6. The summed E-state index contributed by atoms with van der Waals surface area (Å²) in [5.41, 5.74) is 2.29. The third kappa shape index (κ3) is 4.81. The lowest BCUT2D eigenvalue weighted by atomic mass is 9.86. The molecule has 1 amide bonds. The van der Waals surface area contributed by atoms with Gasteiger partial charge in [0.25, 0.3) is 5.91 Å². The maximum absolute atomic E-state index is 12.3. The molecular formula is C21H19N2O3-. The van der Waals surface area contributed by atoms with E-state index in [-0.39, 0.29) is 16.6 Å². The summed E-state index contributed by atoms with van der Waals surface area (Å²) < 4.78 is 0. The molecule has 0 heterocycles. The summed E-state index contributed by atoms with van der Waals surface area (Å²) >= 11 is 0. The number of anilines is 1. The monoisotopic (exact) mass is 347 g/mol. The van der Waals surface area contributed by atoms with Gasteiger partial charge in [-0.25, -0.2) is 0 Å². The Balaban J connectivity index is 2.16. The number of aromatic carboxylic acids is 1. The number of nitriles is 1. The van der Waals surface area contributed by atoms with E-state index in [4.69, 9.17) is 0 Å². The first-order chi connectivity index (χ1) is 12.2. The molecule has 0 unspecified atom stereocenters. The van der Waals surface area contributed by atoms with Crippen molar-refractivity contribution in [1.29, 1.82) is 5.26 Å². The van der Waals surface area contributed by atoms with Crippen LogP contribution in [0, 0.1) is 11.3 Å². The van der Waals surface area contributed by atoms with Crippen LogP contribution in [0.4, 0.5) is 5.69 Å². The Hall–Kier alpha value is -3.39. The van der Waals surface area contributed by atoms with E-state index in [0.29, 0.717) is 5.69 Å². The number of benzene rings is 2. The number of carboxylic acid groups (broad SMARTS) is 1. The van der Waals surface area contributed by atoms with E-state index in [1.807, 2.05) is 30.3 Å². The smallest absolute Gasteiger partial charge is 0.266 e. The van der Waals surface area contributed by atoms with Gasteiger partial charge in [-0.2, -0.15) is 5.26 Å². The van der Waals surface area contributed by atoms with E-state index < -0.39 is 11.9 Å². The molecule has 0 aromatic heterocycles. The van der Waals surface area contributed by atoms with Gasteiger partial charge in [-0.1, -0.05) is 57.2 Å². The highest BCUT2D eigenvalue weighted by Gasteiger charge is 2.13. The largest absolute Gasteiger partial charge is 0.545 e. The molecule has 0 radical (unpaired) electrons. The van der Waals surface area contributed by atoms with Crippen molar-refractivity contribution in [2.45, 2.75) is 26.2 Å². The zero-order valence-corrected chi connectivity index (χ0v) is 14.9. The van der Waals surface area contributed by atoms with Crippen molar-refractivity contribution >= 4 is 23.6 Å². The molecule has 0 aliphatic heterocycles.